The van der Waals surface area contributed by atoms with Gasteiger partial charge in [-0.25, -0.2) is 0 Å². The Hall–Kier alpha value is -0.570. The molecule has 3 heteroatoms. The van der Waals surface area contributed by atoms with Crippen molar-refractivity contribution in [2.45, 2.75) is 34.1 Å². The lowest BCUT2D eigenvalue weighted by Crippen LogP contribution is -2.42. The average Bonchev–Trinajstić information content (AvgIpc) is 2.47. The van der Waals surface area contributed by atoms with E-state index in [2.05, 4.69) is 17.6 Å². The van der Waals surface area contributed by atoms with Crippen molar-refractivity contribution >= 4 is 5.91 Å². The quantitative estimate of drug-likeness (QED) is 0.699. The standard InChI is InChI=1S/C11H22N2O/c1-10(2,3)9(14)13-8-11(4)5-6-12-7-11/h12H,5-8H2,1-4H3,(H,13,14). The summed E-state index contributed by atoms with van der Waals surface area (Å²) in [5.74, 6) is 0.144. The van der Waals surface area contributed by atoms with Crippen molar-refractivity contribution in [3.63, 3.8) is 0 Å². The smallest absolute Gasteiger partial charge is 0.225 e. The molecule has 1 saturated heterocycles. The van der Waals surface area contributed by atoms with Crippen LogP contribution in [0.3, 0.4) is 0 Å². The van der Waals surface area contributed by atoms with Crippen molar-refractivity contribution in [1.82, 2.24) is 10.6 Å². The van der Waals surface area contributed by atoms with Crippen molar-refractivity contribution < 1.29 is 4.79 Å². The van der Waals surface area contributed by atoms with Gasteiger partial charge in [0.15, 0.2) is 0 Å². The summed E-state index contributed by atoms with van der Waals surface area (Å²) in [5, 5.41) is 6.35. The van der Waals surface area contributed by atoms with E-state index in [0.717, 1.165) is 26.1 Å². The number of hydrogen-bond donors (Lipinski definition) is 2. The number of carbonyl (C=O) groups is 1. The van der Waals surface area contributed by atoms with Gasteiger partial charge < -0.3 is 10.6 Å². The minimum atomic E-state index is -0.275. The largest absolute Gasteiger partial charge is 0.355 e. The number of rotatable bonds is 2. The zero-order valence-corrected chi connectivity index (χ0v) is 9.74. The van der Waals surface area contributed by atoms with E-state index < -0.39 is 0 Å². The van der Waals surface area contributed by atoms with Crippen LogP contribution in [0, 0.1) is 10.8 Å². The molecule has 0 spiro atoms. The molecule has 1 fully saturated rings. The van der Waals surface area contributed by atoms with Crippen molar-refractivity contribution in [2.24, 2.45) is 10.8 Å². The molecular weight excluding hydrogens is 176 g/mol. The van der Waals surface area contributed by atoms with Gasteiger partial charge in [-0.2, -0.15) is 0 Å². The highest BCUT2D eigenvalue weighted by Crippen LogP contribution is 2.23. The molecule has 0 bridgehead atoms. The molecule has 2 N–H and O–H groups in total. The highest BCUT2D eigenvalue weighted by molar-refractivity contribution is 5.81. The van der Waals surface area contributed by atoms with Crippen LogP contribution in [0.1, 0.15) is 34.1 Å². The fourth-order valence-corrected chi connectivity index (χ4v) is 1.58. The van der Waals surface area contributed by atoms with E-state index in [1.807, 2.05) is 20.8 Å². The van der Waals surface area contributed by atoms with Gasteiger partial charge in [0.05, 0.1) is 0 Å². The molecule has 0 aromatic carbocycles. The number of hydrogen-bond acceptors (Lipinski definition) is 2. The second-order valence-electron chi connectivity index (χ2n) is 5.67. The van der Waals surface area contributed by atoms with Gasteiger partial charge in [-0.3, -0.25) is 4.79 Å². The zero-order valence-electron chi connectivity index (χ0n) is 9.74. The number of amides is 1. The number of nitrogens with one attached hydrogen (secondary N) is 2. The van der Waals surface area contributed by atoms with Gasteiger partial charge >= 0.3 is 0 Å². The second-order valence-corrected chi connectivity index (χ2v) is 5.67. The van der Waals surface area contributed by atoms with Crippen LogP contribution in [0.5, 0.6) is 0 Å². The molecule has 0 aromatic heterocycles. The first-order valence-corrected chi connectivity index (χ1v) is 5.33. The topological polar surface area (TPSA) is 41.1 Å². The Morgan fingerprint density at radius 3 is 2.57 bits per heavy atom. The van der Waals surface area contributed by atoms with E-state index >= 15 is 0 Å². The summed E-state index contributed by atoms with van der Waals surface area (Å²) in [5.41, 5.74) is -0.0245. The summed E-state index contributed by atoms with van der Waals surface area (Å²) in [7, 11) is 0. The molecule has 3 nitrogen and oxygen atoms in total. The Kier molecular flexibility index (Phi) is 3.20. The Balaban J connectivity index is 2.37. The third-order valence-electron chi connectivity index (χ3n) is 2.81. The van der Waals surface area contributed by atoms with E-state index in [1.54, 1.807) is 0 Å². The van der Waals surface area contributed by atoms with Gasteiger partial charge in [-0.15, -0.1) is 0 Å². The lowest BCUT2D eigenvalue weighted by molar-refractivity contribution is -0.128. The fraction of sp³-hybridized carbons (Fsp3) is 0.909. The SMILES string of the molecule is CC1(CNC(=O)C(C)(C)C)CCNC1. The summed E-state index contributed by atoms with van der Waals surface area (Å²) in [6.45, 7) is 10.9. The molecule has 1 amide bonds. The van der Waals surface area contributed by atoms with E-state index in [0.29, 0.717) is 0 Å². The summed E-state index contributed by atoms with van der Waals surface area (Å²) < 4.78 is 0. The third kappa shape index (κ3) is 2.98. The molecule has 1 aliphatic heterocycles. The predicted octanol–water partition coefficient (Wildman–Crippen LogP) is 1.15. The molecular formula is C11H22N2O. The van der Waals surface area contributed by atoms with E-state index in [9.17, 15) is 4.79 Å². The van der Waals surface area contributed by atoms with Gasteiger partial charge in [0.2, 0.25) is 5.91 Å². The van der Waals surface area contributed by atoms with Crippen LogP contribution in [-0.2, 0) is 4.79 Å². The lowest BCUT2D eigenvalue weighted by Gasteiger charge is -2.26. The Morgan fingerprint density at radius 2 is 2.14 bits per heavy atom. The van der Waals surface area contributed by atoms with Crippen LogP contribution in [0.15, 0.2) is 0 Å². The van der Waals surface area contributed by atoms with Crippen LogP contribution in [0.4, 0.5) is 0 Å². The highest BCUT2D eigenvalue weighted by atomic mass is 16.2. The zero-order chi connectivity index (χ0) is 10.8. The average molecular weight is 198 g/mol. The van der Waals surface area contributed by atoms with Crippen molar-refractivity contribution in [1.29, 1.82) is 0 Å². The van der Waals surface area contributed by atoms with Crippen LogP contribution >= 0.6 is 0 Å². The second kappa shape index (κ2) is 3.89. The van der Waals surface area contributed by atoms with Gasteiger partial charge in [0.1, 0.15) is 0 Å². The molecule has 0 aromatic rings. The molecule has 14 heavy (non-hydrogen) atoms. The third-order valence-corrected chi connectivity index (χ3v) is 2.81. The minimum Gasteiger partial charge on any atom is -0.355 e. The maximum Gasteiger partial charge on any atom is 0.225 e. The minimum absolute atomic E-state index is 0.144. The Bertz CT molecular complexity index is 212. The molecule has 1 rings (SSSR count). The molecule has 1 unspecified atom stereocenters. The summed E-state index contributed by atoms with van der Waals surface area (Å²) in [6, 6.07) is 0. The van der Waals surface area contributed by atoms with Gasteiger partial charge in [0, 0.05) is 18.5 Å². The monoisotopic (exact) mass is 198 g/mol. The van der Waals surface area contributed by atoms with Gasteiger partial charge in [-0.1, -0.05) is 27.7 Å². The maximum atomic E-state index is 11.6. The van der Waals surface area contributed by atoms with Crippen molar-refractivity contribution in [3.8, 4) is 0 Å². The highest BCUT2D eigenvalue weighted by Gasteiger charge is 2.30. The predicted molar refractivity (Wildman–Crippen MR) is 58.1 cm³/mol. The molecule has 0 aliphatic carbocycles. The lowest BCUT2D eigenvalue weighted by atomic mass is 9.88. The molecule has 0 radical (unpaired) electrons. The summed E-state index contributed by atoms with van der Waals surface area (Å²) >= 11 is 0. The molecule has 1 heterocycles. The molecule has 82 valence electrons. The summed E-state index contributed by atoms with van der Waals surface area (Å²) in [6.07, 6.45) is 1.15. The van der Waals surface area contributed by atoms with Crippen LogP contribution in [-0.4, -0.2) is 25.5 Å². The number of carbonyl (C=O) groups excluding carboxylic acids is 1. The Morgan fingerprint density at radius 1 is 1.50 bits per heavy atom. The first-order valence-electron chi connectivity index (χ1n) is 5.33. The molecule has 1 aliphatic rings. The normalized spacial score (nSPS) is 27.7. The van der Waals surface area contributed by atoms with Crippen LogP contribution < -0.4 is 10.6 Å². The summed E-state index contributed by atoms with van der Waals surface area (Å²) in [4.78, 5) is 11.6. The maximum absolute atomic E-state index is 11.6. The van der Waals surface area contributed by atoms with Crippen LogP contribution in [0.25, 0.3) is 0 Å². The van der Waals surface area contributed by atoms with E-state index in [4.69, 9.17) is 0 Å². The first-order chi connectivity index (χ1) is 6.33. The Labute approximate surface area is 86.6 Å². The van der Waals surface area contributed by atoms with Crippen molar-refractivity contribution in [3.05, 3.63) is 0 Å². The van der Waals surface area contributed by atoms with Crippen molar-refractivity contribution in [2.75, 3.05) is 19.6 Å². The van der Waals surface area contributed by atoms with Crippen LogP contribution in [0.2, 0.25) is 0 Å². The molecule has 0 saturated carbocycles. The molecule has 1 atom stereocenters. The first kappa shape index (κ1) is 11.5. The van der Waals surface area contributed by atoms with Gasteiger partial charge in [0.25, 0.3) is 0 Å². The van der Waals surface area contributed by atoms with E-state index in [-0.39, 0.29) is 16.7 Å². The van der Waals surface area contributed by atoms with E-state index in [1.165, 1.54) is 0 Å². The fourth-order valence-electron chi connectivity index (χ4n) is 1.58. The van der Waals surface area contributed by atoms with Gasteiger partial charge in [-0.05, 0) is 18.4 Å².